The van der Waals surface area contributed by atoms with E-state index < -0.39 is 18.0 Å². The van der Waals surface area contributed by atoms with Crippen molar-refractivity contribution in [2.24, 2.45) is 0 Å². The predicted octanol–water partition coefficient (Wildman–Crippen LogP) is 3.44. The van der Waals surface area contributed by atoms with Crippen molar-refractivity contribution in [1.82, 2.24) is 10.3 Å². The normalized spacial score (nSPS) is 11.4. The molecule has 3 aromatic rings. The number of benzene rings is 2. The minimum atomic E-state index is -1.04. The topological polar surface area (TPSA) is 115 Å². The zero-order valence-electron chi connectivity index (χ0n) is 14.2. The number of pyridine rings is 1. The van der Waals surface area contributed by atoms with Crippen molar-refractivity contribution < 1.29 is 14.7 Å². The van der Waals surface area contributed by atoms with E-state index in [0.29, 0.717) is 16.8 Å². The van der Waals surface area contributed by atoms with Crippen LogP contribution in [0.4, 0.5) is 10.5 Å². The van der Waals surface area contributed by atoms with Gasteiger partial charge in [-0.2, -0.15) is 5.26 Å². The second-order valence-electron chi connectivity index (χ2n) is 5.90. The van der Waals surface area contributed by atoms with Crippen LogP contribution < -0.4 is 10.6 Å². The highest BCUT2D eigenvalue weighted by atomic mass is 16.4. The Bertz CT molecular complexity index is 1030. The lowest BCUT2D eigenvalue weighted by atomic mass is 10.0. The second kappa shape index (κ2) is 7.97. The summed E-state index contributed by atoms with van der Waals surface area (Å²) in [6.45, 7) is 0. The maximum absolute atomic E-state index is 12.3. The zero-order chi connectivity index (χ0) is 19.2. The number of carbonyl (C=O) groups is 2. The molecule has 0 fully saturated rings. The van der Waals surface area contributed by atoms with E-state index in [9.17, 15) is 14.7 Å². The number of nitrogens with one attached hydrogen (secondary N) is 2. The maximum atomic E-state index is 12.3. The Hall–Kier alpha value is -3.92. The average molecular weight is 360 g/mol. The van der Waals surface area contributed by atoms with Crippen molar-refractivity contribution >= 4 is 28.6 Å². The van der Waals surface area contributed by atoms with E-state index in [1.807, 2.05) is 36.4 Å². The highest BCUT2D eigenvalue weighted by Crippen LogP contribution is 2.21. The monoisotopic (exact) mass is 360 g/mol. The third kappa shape index (κ3) is 4.58. The number of anilines is 1. The Morgan fingerprint density at radius 3 is 2.59 bits per heavy atom. The number of carboxylic acid groups (broad SMARTS) is 1. The van der Waals surface area contributed by atoms with Crippen LogP contribution in [0, 0.1) is 11.3 Å². The fourth-order valence-corrected chi connectivity index (χ4v) is 2.66. The number of rotatable bonds is 5. The van der Waals surface area contributed by atoms with Crippen LogP contribution in [0.15, 0.2) is 60.8 Å². The van der Waals surface area contributed by atoms with Crippen LogP contribution in [0.2, 0.25) is 0 Å². The summed E-state index contributed by atoms with van der Waals surface area (Å²) in [6, 6.07) is 16.4. The SMILES string of the molecule is N#Cc1ccc(NC(=O)NC(CC(=O)O)c2cnc3ccccc3c2)cc1. The summed E-state index contributed by atoms with van der Waals surface area (Å²) >= 11 is 0. The molecule has 1 aromatic heterocycles. The van der Waals surface area contributed by atoms with Crippen LogP contribution in [0.1, 0.15) is 23.6 Å². The van der Waals surface area contributed by atoms with Crippen molar-refractivity contribution in [2.75, 3.05) is 5.32 Å². The highest BCUT2D eigenvalue weighted by Gasteiger charge is 2.19. The summed E-state index contributed by atoms with van der Waals surface area (Å²) in [4.78, 5) is 27.9. The molecule has 0 saturated heterocycles. The molecule has 2 aromatic carbocycles. The van der Waals surface area contributed by atoms with Gasteiger partial charge in [-0.25, -0.2) is 4.79 Å². The van der Waals surface area contributed by atoms with Gasteiger partial charge in [0.05, 0.1) is 29.6 Å². The van der Waals surface area contributed by atoms with E-state index in [1.54, 1.807) is 30.5 Å². The first-order valence-electron chi connectivity index (χ1n) is 8.19. The number of nitrogens with zero attached hydrogens (tertiary/aromatic N) is 2. The fraction of sp³-hybridized carbons (Fsp3) is 0.100. The number of para-hydroxylation sites is 1. The molecule has 0 spiro atoms. The van der Waals surface area contributed by atoms with Gasteiger partial charge in [0, 0.05) is 17.3 Å². The number of urea groups is 1. The molecular formula is C20H16N4O3. The Balaban J connectivity index is 1.78. The number of amides is 2. The lowest BCUT2D eigenvalue weighted by Gasteiger charge is -2.18. The van der Waals surface area contributed by atoms with Crippen LogP contribution in [0.5, 0.6) is 0 Å². The Labute approximate surface area is 155 Å². The van der Waals surface area contributed by atoms with Crippen molar-refractivity contribution in [3.05, 3.63) is 71.9 Å². The molecule has 7 heteroatoms. The summed E-state index contributed by atoms with van der Waals surface area (Å²) < 4.78 is 0. The van der Waals surface area contributed by atoms with Gasteiger partial charge in [0.15, 0.2) is 0 Å². The van der Waals surface area contributed by atoms with Crippen molar-refractivity contribution in [3.63, 3.8) is 0 Å². The maximum Gasteiger partial charge on any atom is 0.319 e. The number of carbonyl (C=O) groups excluding carboxylic acids is 1. The van der Waals surface area contributed by atoms with E-state index in [4.69, 9.17) is 5.26 Å². The first kappa shape index (κ1) is 17.9. The average Bonchev–Trinajstić information content (AvgIpc) is 2.67. The number of carboxylic acids is 1. The zero-order valence-corrected chi connectivity index (χ0v) is 14.2. The first-order valence-corrected chi connectivity index (χ1v) is 8.19. The molecule has 3 rings (SSSR count). The number of hydrogen-bond donors (Lipinski definition) is 3. The standard InChI is InChI=1S/C20H16N4O3/c21-11-13-5-7-16(8-6-13)23-20(27)24-18(10-19(25)26)15-9-14-3-1-2-4-17(14)22-12-15/h1-9,12,18H,10H2,(H,25,26)(H2,23,24,27). The summed E-state index contributed by atoms with van der Waals surface area (Å²) in [6.07, 6.45) is 1.29. The highest BCUT2D eigenvalue weighted by molar-refractivity contribution is 5.90. The number of hydrogen-bond acceptors (Lipinski definition) is 4. The van der Waals surface area contributed by atoms with E-state index in [2.05, 4.69) is 15.6 Å². The van der Waals surface area contributed by atoms with Crippen molar-refractivity contribution in [3.8, 4) is 6.07 Å². The molecule has 0 aliphatic carbocycles. The second-order valence-corrected chi connectivity index (χ2v) is 5.90. The molecule has 134 valence electrons. The lowest BCUT2D eigenvalue weighted by Crippen LogP contribution is -2.33. The Morgan fingerprint density at radius 2 is 1.89 bits per heavy atom. The van der Waals surface area contributed by atoms with Gasteiger partial charge in [-0.15, -0.1) is 0 Å². The molecule has 1 atom stereocenters. The quantitative estimate of drug-likeness (QED) is 0.645. The van der Waals surface area contributed by atoms with Crippen LogP contribution in [-0.2, 0) is 4.79 Å². The largest absolute Gasteiger partial charge is 0.481 e. The smallest absolute Gasteiger partial charge is 0.319 e. The first-order chi connectivity index (χ1) is 13.0. The molecule has 1 unspecified atom stereocenters. The van der Waals surface area contributed by atoms with E-state index in [0.717, 1.165) is 10.9 Å². The number of aliphatic carboxylic acids is 1. The molecule has 7 nitrogen and oxygen atoms in total. The summed E-state index contributed by atoms with van der Waals surface area (Å²) in [7, 11) is 0. The van der Waals surface area contributed by atoms with E-state index in [1.165, 1.54) is 0 Å². The van der Waals surface area contributed by atoms with Gasteiger partial charge in [-0.3, -0.25) is 9.78 Å². The molecule has 0 saturated carbocycles. The minimum absolute atomic E-state index is 0.277. The van der Waals surface area contributed by atoms with Gasteiger partial charge in [0.25, 0.3) is 0 Å². The predicted molar refractivity (Wildman–Crippen MR) is 100 cm³/mol. The third-order valence-electron chi connectivity index (χ3n) is 3.97. The fourth-order valence-electron chi connectivity index (χ4n) is 2.66. The molecule has 27 heavy (non-hydrogen) atoms. The van der Waals surface area contributed by atoms with Gasteiger partial charge < -0.3 is 15.7 Å². The Kier molecular flexibility index (Phi) is 5.28. The van der Waals surface area contributed by atoms with E-state index in [-0.39, 0.29) is 6.42 Å². The third-order valence-corrected chi connectivity index (χ3v) is 3.97. The molecular weight excluding hydrogens is 344 g/mol. The molecule has 0 radical (unpaired) electrons. The van der Waals surface area contributed by atoms with Gasteiger partial charge >= 0.3 is 12.0 Å². The van der Waals surface area contributed by atoms with Gasteiger partial charge in [0.1, 0.15) is 0 Å². The number of nitriles is 1. The minimum Gasteiger partial charge on any atom is -0.481 e. The summed E-state index contributed by atoms with van der Waals surface area (Å²) in [5, 5.41) is 24.2. The number of aromatic nitrogens is 1. The lowest BCUT2D eigenvalue weighted by molar-refractivity contribution is -0.137. The molecule has 0 aliphatic rings. The van der Waals surface area contributed by atoms with Gasteiger partial charge in [-0.1, -0.05) is 18.2 Å². The van der Waals surface area contributed by atoms with Crippen LogP contribution >= 0.6 is 0 Å². The Morgan fingerprint density at radius 1 is 1.15 bits per heavy atom. The number of fused-ring (bicyclic) bond motifs is 1. The summed E-state index contributed by atoms with van der Waals surface area (Å²) in [5.74, 6) is -1.04. The van der Waals surface area contributed by atoms with Gasteiger partial charge in [0.2, 0.25) is 0 Å². The molecule has 0 bridgehead atoms. The van der Waals surface area contributed by atoms with Crippen LogP contribution in [-0.4, -0.2) is 22.1 Å². The molecule has 3 N–H and O–H groups in total. The van der Waals surface area contributed by atoms with Crippen LogP contribution in [0.3, 0.4) is 0 Å². The van der Waals surface area contributed by atoms with Crippen molar-refractivity contribution in [2.45, 2.75) is 12.5 Å². The van der Waals surface area contributed by atoms with Crippen LogP contribution in [0.25, 0.3) is 10.9 Å². The van der Waals surface area contributed by atoms with Crippen molar-refractivity contribution in [1.29, 1.82) is 5.26 Å². The van der Waals surface area contributed by atoms with E-state index >= 15 is 0 Å². The molecule has 2 amide bonds. The summed E-state index contributed by atoms with van der Waals surface area (Å²) in [5.41, 5.74) is 2.37. The molecule has 1 heterocycles. The molecule has 0 aliphatic heterocycles. The van der Waals surface area contributed by atoms with Gasteiger partial charge in [-0.05, 0) is 42.0 Å².